The normalized spacial score (nSPS) is 14.0. The Hall–Kier alpha value is -9.40. The minimum absolute atomic E-state index is 0.0563. The summed E-state index contributed by atoms with van der Waals surface area (Å²) in [6.45, 7) is 4.68. The summed E-state index contributed by atoms with van der Waals surface area (Å²) in [5, 5.41) is 42.1. The van der Waals surface area contributed by atoms with E-state index in [1.165, 1.54) is 38.1 Å². The first-order valence-electron chi connectivity index (χ1n) is 25.9. The van der Waals surface area contributed by atoms with E-state index in [4.69, 9.17) is 17.2 Å². The minimum Gasteiger partial charge on any atom is -0.508 e. The summed E-state index contributed by atoms with van der Waals surface area (Å²) in [5.41, 5.74) is 18.5. The number of carbonyl (C=O) groups is 12. The van der Waals surface area contributed by atoms with Crippen LogP contribution in [0, 0.1) is 5.92 Å². The number of aromatic hydroxyl groups is 1. The number of aromatic nitrogens is 1. The number of primary amides is 2. The molecular weight excluding hydrogens is 1050 g/mol. The Labute approximate surface area is 465 Å². The van der Waals surface area contributed by atoms with Gasteiger partial charge in [0.1, 0.15) is 54.1 Å². The summed E-state index contributed by atoms with van der Waals surface area (Å²) >= 11 is 0. The summed E-state index contributed by atoms with van der Waals surface area (Å²) in [7, 11) is 0. The van der Waals surface area contributed by atoms with E-state index in [1.807, 2.05) is 0 Å². The summed E-state index contributed by atoms with van der Waals surface area (Å²) in [4.78, 5) is 161. The van der Waals surface area contributed by atoms with E-state index >= 15 is 0 Å². The fourth-order valence-corrected chi connectivity index (χ4v) is 8.19. The summed E-state index contributed by atoms with van der Waals surface area (Å²) < 4.78 is 0. The zero-order valence-electron chi connectivity index (χ0n) is 45.2. The highest BCUT2D eigenvalue weighted by molar-refractivity contribution is 5.99. The first-order chi connectivity index (χ1) is 38.3. The van der Waals surface area contributed by atoms with Crippen LogP contribution in [0.2, 0.25) is 0 Å². The van der Waals surface area contributed by atoms with Crippen molar-refractivity contribution in [3.8, 4) is 5.75 Å². The molecule has 8 atom stereocenters. The van der Waals surface area contributed by atoms with Crippen LogP contribution in [0.25, 0.3) is 10.9 Å². The van der Waals surface area contributed by atoms with Crippen LogP contribution in [0.3, 0.4) is 0 Å². The largest absolute Gasteiger partial charge is 0.508 e. The van der Waals surface area contributed by atoms with Gasteiger partial charge in [-0.25, -0.2) is 0 Å². The lowest BCUT2D eigenvalue weighted by atomic mass is 9.99. The quantitative estimate of drug-likeness (QED) is 0.0234. The number of hydrogen-bond donors (Lipinski definition) is 15. The molecule has 4 rings (SSSR count). The summed E-state index contributed by atoms with van der Waals surface area (Å²) in [6, 6.07) is 9.91. The van der Waals surface area contributed by atoms with Crippen molar-refractivity contribution >= 4 is 81.9 Å². The number of para-hydroxylation sites is 1. The van der Waals surface area contributed by atoms with Crippen LogP contribution in [-0.2, 0) is 76.8 Å². The average molecular weight is 1130 g/mol. The molecule has 0 spiro atoms. The average Bonchev–Trinajstić information content (AvgIpc) is 3.83. The third kappa shape index (κ3) is 21.4. The maximum absolute atomic E-state index is 14.6. The monoisotopic (exact) mass is 1130 g/mol. The molecule has 0 aliphatic heterocycles. The number of nitrogens with one attached hydrogen (secondary N) is 10. The van der Waals surface area contributed by atoms with Gasteiger partial charge in [0.15, 0.2) is 0 Å². The van der Waals surface area contributed by atoms with Gasteiger partial charge in [-0.05, 0) is 67.5 Å². The first kappa shape index (κ1) is 64.1. The number of aliphatic carboxylic acids is 1. The Bertz CT molecular complexity index is 2900. The van der Waals surface area contributed by atoms with Crippen LogP contribution in [-0.4, -0.2) is 148 Å². The molecule has 0 radical (unpaired) electrons. The molecular formula is C54H71N13O14. The molecule has 1 aromatic heterocycles. The number of phenols is 1. The minimum atomic E-state index is -1.74. The molecule has 27 heteroatoms. The van der Waals surface area contributed by atoms with Gasteiger partial charge in [0.05, 0.1) is 19.5 Å². The topological polar surface area (TPSA) is 447 Å². The van der Waals surface area contributed by atoms with Gasteiger partial charge in [-0.15, -0.1) is 0 Å². The van der Waals surface area contributed by atoms with Crippen molar-refractivity contribution in [2.75, 3.05) is 13.1 Å². The highest BCUT2D eigenvalue weighted by Gasteiger charge is 2.35. The van der Waals surface area contributed by atoms with E-state index in [9.17, 15) is 67.7 Å². The van der Waals surface area contributed by atoms with Crippen molar-refractivity contribution in [3.05, 3.63) is 102 Å². The lowest BCUT2D eigenvalue weighted by Gasteiger charge is -2.27. The molecule has 0 aliphatic carbocycles. The van der Waals surface area contributed by atoms with Crippen molar-refractivity contribution in [3.63, 3.8) is 0 Å². The highest BCUT2D eigenvalue weighted by Crippen LogP contribution is 2.20. The fraction of sp³-hybridized carbons (Fsp3) is 0.407. The number of rotatable bonds is 32. The molecule has 1 heterocycles. The van der Waals surface area contributed by atoms with Crippen molar-refractivity contribution in [1.82, 2.24) is 52.8 Å². The SMILES string of the molecule is CC(C)C[C@H](NC(=O)[C@H](CC(N)=O)NC(=O)CNC(=O)[C@H](Cc1ccc(O)cc1)NC(=O)[C@H](CCC(N)=O)NC(=O)CN)C(=O)N[C@@H](Cc1c[nH]c2ccccc12)C(=O)N[C@@H](Cc1ccccc1)C(=O)N[C@@H](C)C(=O)N[C@@H](C)C(=O)O. The Kier molecular flexibility index (Phi) is 24.7. The molecule has 0 unspecified atom stereocenters. The third-order valence-corrected chi connectivity index (χ3v) is 12.5. The third-order valence-electron chi connectivity index (χ3n) is 12.5. The Morgan fingerprint density at radius 3 is 1.62 bits per heavy atom. The number of carbonyl (C=O) groups excluding carboxylic acids is 11. The van der Waals surface area contributed by atoms with E-state index in [0.29, 0.717) is 27.6 Å². The van der Waals surface area contributed by atoms with Crippen molar-refractivity contribution in [2.45, 2.75) is 121 Å². The molecule has 3 aromatic carbocycles. The maximum Gasteiger partial charge on any atom is 0.325 e. The lowest BCUT2D eigenvalue weighted by molar-refractivity contribution is -0.141. The number of hydrogen-bond acceptors (Lipinski definition) is 14. The molecule has 11 amide bonds. The predicted octanol–water partition coefficient (Wildman–Crippen LogP) is -2.83. The van der Waals surface area contributed by atoms with Gasteiger partial charge in [0, 0.05) is 42.8 Å². The van der Waals surface area contributed by atoms with E-state index in [-0.39, 0.29) is 50.2 Å². The number of phenolic OH excluding ortho intramolecular Hbond substituents is 1. The number of carboxylic acids is 1. The van der Waals surface area contributed by atoms with Gasteiger partial charge in [-0.3, -0.25) is 57.5 Å². The second kappa shape index (κ2) is 31.3. The van der Waals surface area contributed by atoms with E-state index in [2.05, 4.69) is 52.8 Å². The molecule has 0 fully saturated rings. The molecule has 0 saturated heterocycles. The predicted molar refractivity (Wildman–Crippen MR) is 292 cm³/mol. The Morgan fingerprint density at radius 1 is 0.519 bits per heavy atom. The molecule has 27 nitrogen and oxygen atoms in total. The Morgan fingerprint density at radius 2 is 1.02 bits per heavy atom. The standard InChI is InChI=1S/C54H71N13O14/c1-28(2)20-38(64-53(79)42(24-44(57)70)63-46(72)27-59-48(74)39(22-32-14-16-34(68)17-15-32)65-49(75)37(18-19-43(56)69)62-45(71)25-55)51(77)67-41(23-33-26-58-36-13-9-8-12-35(33)36)52(78)66-40(21-31-10-6-5-7-11-31)50(76)60-29(3)47(73)61-30(4)54(80)81/h5-17,26,28-30,37-42,58,68H,18-25,27,55H2,1-4H3,(H2,56,69)(H2,57,70)(H,59,74)(H,60,76)(H,61,73)(H,62,71)(H,63,72)(H,64,79)(H,65,75)(H,66,78)(H,67,77)(H,80,81)/t29-,30-,37-,38-,39-,40-,41-,42-/m0/s1. The second-order valence-electron chi connectivity index (χ2n) is 19.6. The van der Waals surface area contributed by atoms with Gasteiger partial charge in [0.25, 0.3) is 0 Å². The molecule has 81 heavy (non-hydrogen) atoms. The smallest absolute Gasteiger partial charge is 0.325 e. The van der Waals surface area contributed by atoms with Crippen LogP contribution >= 0.6 is 0 Å². The van der Waals surface area contributed by atoms with Crippen LogP contribution < -0.4 is 65.1 Å². The second-order valence-corrected chi connectivity index (χ2v) is 19.6. The number of H-pyrrole nitrogens is 1. The van der Waals surface area contributed by atoms with Gasteiger partial charge >= 0.3 is 5.97 Å². The fourth-order valence-electron chi connectivity index (χ4n) is 8.19. The van der Waals surface area contributed by atoms with Crippen molar-refractivity contribution in [2.24, 2.45) is 23.1 Å². The van der Waals surface area contributed by atoms with Gasteiger partial charge in [0.2, 0.25) is 65.0 Å². The Balaban J connectivity index is 1.57. The van der Waals surface area contributed by atoms with E-state index < -0.39 is 139 Å². The van der Waals surface area contributed by atoms with Crippen molar-refractivity contribution in [1.29, 1.82) is 0 Å². The van der Waals surface area contributed by atoms with E-state index in [0.717, 1.165) is 0 Å². The summed E-state index contributed by atoms with van der Waals surface area (Å²) in [6.07, 6.45) is -0.277. The van der Waals surface area contributed by atoms with Crippen LogP contribution in [0.4, 0.5) is 0 Å². The molecule has 4 aromatic rings. The lowest BCUT2D eigenvalue weighted by Crippen LogP contribution is -2.60. The van der Waals surface area contributed by atoms with Crippen LogP contribution in [0.1, 0.15) is 70.1 Å². The highest BCUT2D eigenvalue weighted by atomic mass is 16.4. The number of nitrogens with two attached hydrogens (primary N) is 3. The zero-order valence-corrected chi connectivity index (χ0v) is 45.2. The number of aromatic amines is 1. The zero-order chi connectivity index (χ0) is 59.9. The molecule has 436 valence electrons. The van der Waals surface area contributed by atoms with Gasteiger partial charge in [-0.2, -0.15) is 0 Å². The molecule has 0 aliphatic rings. The first-order valence-corrected chi connectivity index (χ1v) is 25.9. The number of carboxylic acid groups (broad SMARTS) is 1. The van der Waals surface area contributed by atoms with E-state index in [1.54, 1.807) is 74.6 Å². The summed E-state index contributed by atoms with van der Waals surface area (Å²) in [5.74, 6) is -11.6. The number of amides is 11. The maximum atomic E-state index is 14.6. The van der Waals surface area contributed by atoms with Gasteiger partial charge in [-0.1, -0.05) is 74.5 Å². The van der Waals surface area contributed by atoms with Crippen molar-refractivity contribution < 1.29 is 67.7 Å². The molecule has 18 N–H and O–H groups in total. The molecule has 0 bridgehead atoms. The van der Waals surface area contributed by atoms with Gasteiger partial charge < -0.3 is 80.2 Å². The number of fused-ring (bicyclic) bond motifs is 1. The molecule has 0 saturated carbocycles. The number of benzene rings is 3. The van der Waals surface area contributed by atoms with Crippen LogP contribution in [0.5, 0.6) is 5.75 Å². The van der Waals surface area contributed by atoms with Crippen LogP contribution in [0.15, 0.2) is 85.1 Å².